The lowest BCUT2D eigenvalue weighted by atomic mass is 10.1. The topological polar surface area (TPSA) is 32.3 Å². The van der Waals surface area contributed by atoms with Crippen molar-refractivity contribution in [3.05, 3.63) is 35.4 Å². The van der Waals surface area contributed by atoms with Gasteiger partial charge in [0.1, 0.15) is 0 Å². The highest BCUT2D eigenvalue weighted by Gasteiger charge is 2.30. The summed E-state index contributed by atoms with van der Waals surface area (Å²) in [5.41, 5.74) is 0.276. The number of halogens is 3. The van der Waals surface area contributed by atoms with Gasteiger partial charge in [-0.1, -0.05) is 12.1 Å². The highest BCUT2D eigenvalue weighted by atomic mass is 35.5. The average molecular weight is 331 g/mol. The van der Waals surface area contributed by atoms with Gasteiger partial charge in [0.15, 0.2) is 11.6 Å². The first-order valence-electron chi connectivity index (χ1n) is 7.60. The Hall–Kier alpha value is -1.20. The van der Waals surface area contributed by atoms with Gasteiger partial charge in [0.05, 0.1) is 0 Å². The molecule has 0 spiro atoms. The lowest BCUT2D eigenvalue weighted by Crippen LogP contribution is -2.39. The highest BCUT2D eigenvalue weighted by Crippen LogP contribution is 2.21. The molecule has 1 N–H and O–H groups in total. The lowest BCUT2D eigenvalue weighted by molar-refractivity contribution is -0.131. The van der Waals surface area contributed by atoms with Gasteiger partial charge in [-0.3, -0.25) is 4.79 Å². The molecule has 2 aliphatic rings. The number of carbonyl (C=O) groups excluding carboxylic acids is 1. The van der Waals surface area contributed by atoms with Crippen LogP contribution in [0.3, 0.4) is 0 Å². The van der Waals surface area contributed by atoms with E-state index in [4.69, 9.17) is 0 Å². The predicted molar refractivity (Wildman–Crippen MR) is 83.1 cm³/mol. The maximum Gasteiger partial charge on any atom is 0.222 e. The van der Waals surface area contributed by atoms with Gasteiger partial charge in [0, 0.05) is 31.6 Å². The Morgan fingerprint density at radius 1 is 1.23 bits per heavy atom. The Kier molecular flexibility index (Phi) is 5.75. The molecule has 2 saturated heterocycles. The first kappa shape index (κ1) is 17.2. The molecule has 3 rings (SSSR count). The molecule has 6 heteroatoms. The monoisotopic (exact) mass is 330 g/mol. The van der Waals surface area contributed by atoms with E-state index in [2.05, 4.69) is 5.32 Å². The van der Waals surface area contributed by atoms with Crippen LogP contribution in [-0.4, -0.2) is 36.0 Å². The minimum Gasteiger partial charge on any atom is -0.341 e. The number of hydrogen-bond acceptors (Lipinski definition) is 2. The molecule has 22 heavy (non-hydrogen) atoms. The van der Waals surface area contributed by atoms with Crippen LogP contribution in [0, 0.1) is 11.6 Å². The van der Waals surface area contributed by atoms with E-state index in [1.165, 1.54) is 18.6 Å². The fourth-order valence-corrected chi connectivity index (χ4v) is 3.31. The van der Waals surface area contributed by atoms with E-state index in [-0.39, 0.29) is 36.7 Å². The Morgan fingerprint density at radius 2 is 2.00 bits per heavy atom. The van der Waals surface area contributed by atoms with Crippen LogP contribution in [-0.2, 0) is 11.2 Å². The maximum atomic E-state index is 13.6. The van der Waals surface area contributed by atoms with Gasteiger partial charge in [-0.05, 0) is 37.3 Å². The number of aryl methyl sites for hydroxylation is 1. The van der Waals surface area contributed by atoms with E-state index in [1.54, 1.807) is 0 Å². The predicted octanol–water partition coefficient (Wildman–Crippen LogP) is 2.67. The number of fused-ring (bicyclic) bond motifs is 2. The second kappa shape index (κ2) is 7.38. The van der Waals surface area contributed by atoms with Gasteiger partial charge in [-0.2, -0.15) is 0 Å². The van der Waals surface area contributed by atoms with Crippen LogP contribution < -0.4 is 5.32 Å². The number of rotatable bonds is 3. The van der Waals surface area contributed by atoms with E-state index >= 15 is 0 Å². The van der Waals surface area contributed by atoms with Gasteiger partial charge < -0.3 is 10.2 Å². The summed E-state index contributed by atoms with van der Waals surface area (Å²) >= 11 is 0. The van der Waals surface area contributed by atoms with E-state index in [1.807, 2.05) is 4.90 Å². The third kappa shape index (κ3) is 3.76. The van der Waals surface area contributed by atoms with Gasteiger partial charge in [0.25, 0.3) is 0 Å². The van der Waals surface area contributed by atoms with Crippen LogP contribution in [0.25, 0.3) is 0 Å². The van der Waals surface area contributed by atoms with Crippen molar-refractivity contribution in [1.82, 2.24) is 10.2 Å². The number of nitrogens with one attached hydrogen (secondary N) is 1. The van der Waals surface area contributed by atoms with Crippen molar-refractivity contribution in [2.45, 2.75) is 44.2 Å². The molecule has 1 aromatic rings. The summed E-state index contributed by atoms with van der Waals surface area (Å²) in [6, 6.07) is 5.04. The molecule has 2 heterocycles. The second-order valence-electron chi connectivity index (χ2n) is 5.98. The van der Waals surface area contributed by atoms with Crippen LogP contribution in [0.2, 0.25) is 0 Å². The van der Waals surface area contributed by atoms with E-state index in [0.717, 1.165) is 32.0 Å². The number of likely N-dealkylation sites (tertiary alicyclic amines) is 1. The molecule has 0 aliphatic carbocycles. The van der Waals surface area contributed by atoms with Gasteiger partial charge in [-0.15, -0.1) is 12.4 Å². The summed E-state index contributed by atoms with van der Waals surface area (Å²) in [6.45, 7) is 1.50. The molecule has 122 valence electrons. The van der Waals surface area contributed by atoms with Crippen molar-refractivity contribution >= 4 is 18.3 Å². The zero-order valence-corrected chi connectivity index (χ0v) is 13.2. The number of nitrogens with zero attached hydrogens (tertiary/aromatic N) is 1. The van der Waals surface area contributed by atoms with Crippen molar-refractivity contribution in [3.8, 4) is 0 Å². The van der Waals surface area contributed by atoms with Gasteiger partial charge >= 0.3 is 0 Å². The smallest absolute Gasteiger partial charge is 0.222 e. The highest BCUT2D eigenvalue weighted by molar-refractivity contribution is 5.85. The SMILES string of the molecule is Cl.O=C(CCc1cccc(F)c1F)N1CCC2CCC(C1)N2. The molecule has 1 amide bonds. The first-order chi connectivity index (χ1) is 10.1. The summed E-state index contributed by atoms with van der Waals surface area (Å²) in [4.78, 5) is 14.1. The molecule has 0 aromatic heterocycles. The molecule has 1 aromatic carbocycles. The van der Waals surface area contributed by atoms with Crippen LogP contribution >= 0.6 is 12.4 Å². The number of amides is 1. The Morgan fingerprint density at radius 3 is 2.82 bits per heavy atom. The quantitative estimate of drug-likeness (QED) is 0.924. The average Bonchev–Trinajstić information content (AvgIpc) is 2.79. The van der Waals surface area contributed by atoms with Crippen molar-refractivity contribution in [2.75, 3.05) is 13.1 Å². The van der Waals surface area contributed by atoms with Crippen LogP contribution in [0.4, 0.5) is 8.78 Å². The van der Waals surface area contributed by atoms with Crippen LogP contribution in [0.5, 0.6) is 0 Å². The summed E-state index contributed by atoms with van der Waals surface area (Å²) in [6.07, 6.45) is 3.78. The lowest BCUT2D eigenvalue weighted by Gasteiger charge is -2.24. The molecular formula is C16H21ClF2N2O. The molecule has 0 saturated carbocycles. The number of hydrogen-bond donors (Lipinski definition) is 1. The molecule has 3 nitrogen and oxygen atoms in total. The number of benzene rings is 1. The standard InChI is InChI=1S/C16H20F2N2O.ClH/c17-14-3-1-2-11(16(14)18)4-7-15(21)20-9-8-12-5-6-13(10-20)19-12;/h1-3,12-13,19H,4-10H2;1H. The minimum absolute atomic E-state index is 0. The summed E-state index contributed by atoms with van der Waals surface area (Å²) in [7, 11) is 0. The zero-order chi connectivity index (χ0) is 14.8. The third-order valence-corrected chi connectivity index (χ3v) is 4.52. The molecule has 2 aliphatic heterocycles. The number of carbonyl (C=O) groups is 1. The molecule has 2 unspecified atom stereocenters. The van der Waals surface area contributed by atoms with Crippen LogP contribution in [0.15, 0.2) is 18.2 Å². The van der Waals surface area contributed by atoms with Gasteiger partial charge in [0.2, 0.25) is 5.91 Å². The van der Waals surface area contributed by atoms with Crippen LogP contribution in [0.1, 0.15) is 31.2 Å². The van der Waals surface area contributed by atoms with Crippen molar-refractivity contribution in [2.24, 2.45) is 0 Å². The molecule has 2 bridgehead atoms. The van der Waals surface area contributed by atoms with Crippen molar-refractivity contribution in [1.29, 1.82) is 0 Å². The molecule has 0 radical (unpaired) electrons. The fraction of sp³-hybridized carbons (Fsp3) is 0.562. The van der Waals surface area contributed by atoms with Crippen molar-refractivity contribution in [3.63, 3.8) is 0 Å². The molecule has 2 fully saturated rings. The Labute approximate surface area is 135 Å². The Bertz CT molecular complexity index is 541. The summed E-state index contributed by atoms with van der Waals surface area (Å²) in [5.74, 6) is -1.65. The van der Waals surface area contributed by atoms with Gasteiger partial charge in [-0.25, -0.2) is 8.78 Å². The third-order valence-electron chi connectivity index (χ3n) is 4.52. The maximum absolute atomic E-state index is 13.6. The zero-order valence-electron chi connectivity index (χ0n) is 12.4. The summed E-state index contributed by atoms with van der Waals surface area (Å²) < 4.78 is 26.7. The normalized spacial score (nSPS) is 23.8. The van der Waals surface area contributed by atoms with E-state index in [0.29, 0.717) is 12.1 Å². The van der Waals surface area contributed by atoms with E-state index in [9.17, 15) is 13.6 Å². The summed E-state index contributed by atoms with van der Waals surface area (Å²) in [5, 5.41) is 3.52. The second-order valence-corrected chi connectivity index (χ2v) is 5.98. The Balaban J connectivity index is 0.00000176. The van der Waals surface area contributed by atoms with Crippen molar-refractivity contribution < 1.29 is 13.6 Å². The first-order valence-corrected chi connectivity index (χ1v) is 7.60. The fourth-order valence-electron chi connectivity index (χ4n) is 3.31. The van der Waals surface area contributed by atoms with E-state index < -0.39 is 11.6 Å². The molecular weight excluding hydrogens is 310 g/mol. The minimum atomic E-state index is -0.851. The molecule has 2 atom stereocenters. The largest absolute Gasteiger partial charge is 0.341 e.